The number of carboxylic acids is 1. The Labute approximate surface area is 108 Å². The van der Waals surface area contributed by atoms with Gasteiger partial charge in [-0.25, -0.2) is 0 Å². The predicted molar refractivity (Wildman–Crippen MR) is 68.6 cm³/mol. The summed E-state index contributed by atoms with van der Waals surface area (Å²) in [5, 5.41) is 12.4. The van der Waals surface area contributed by atoms with Gasteiger partial charge in [0.2, 0.25) is 0 Å². The number of ether oxygens (including phenoxy) is 1. The van der Waals surface area contributed by atoms with Gasteiger partial charge >= 0.3 is 5.97 Å². The second-order valence-corrected chi connectivity index (χ2v) is 5.64. The Bertz CT molecular complexity index is 284. The summed E-state index contributed by atoms with van der Waals surface area (Å²) in [6.45, 7) is 6.77. The van der Waals surface area contributed by atoms with E-state index in [0.29, 0.717) is 12.5 Å². The summed E-state index contributed by atoms with van der Waals surface area (Å²) < 4.78 is 5.67. The van der Waals surface area contributed by atoms with Crippen LogP contribution in [-0.4, -0.2) is 59.9 Å². The van der Waals surface area contributed by atoms with E-state index in [1.807, 2.05) is 0 Å². The molecule has 1 saturated carbocycles. The number of morpholine rings is 1. The monoisotopic (exact) mass is 256 g/mol. The quantitative estimate of drug-likeness (QED) is 0.732. The molecule has 0 aromatic rings. The molecule has 1 aliphatic carbocycles. The van der Waals surface area contributed by atoms with E-state index in [9.17, 15) is 9.90 Å². The van der Waals surface area contributed by atoms with E-state index in [0.717, 1.165) is 32.5 Å². The Morgan fingerprint density at radius 3 is 2.50 bits per heavy atom. The van der Waals surface area contributed by atoms with Crippen molar-refractivity contribution in [3.63, 3.8) is 0 Å². The van der Waals surface area contributed by atoms with Gasteiger partial charge in [0.25, 0.3) is 0 Å². The van der Waals surface area contributed by atoms with Crippen molar-refractivity contribution in [1.82, 2.24) is 10.2 Å². The van der Waals surface area contributed by atoms with Crippen molar-refractivity contribution in [2.24, 2.45) is 0 Å². The number of hydrogen-bond acceptors (Lipinski definition) is 4. The standard InChI is InChI=1S/C13H24N2O3/c1-9-7-15(8-10(2)18-9)6-5-12(13(16)17)14-11-3-4-11/h9-12,14H,3-8H2,1-2H3,(H,16,17)/t9-,10+,12?. The van der Waals surface area contributed by atoms with Crippen LogP contribution in [0.15, 0.2) is 0 Å². The Balaban J connectivity index is 1.75. The molecular formula is C13H24N2O3. The molecule has 1 unspecified atom stereocenters. The Morgan fingerprint density at radius 2 is 2.00 bits per heavy atom. The minimum Gasteiger partial charge on any atom is -0.480 e. The smallest absolute Gasteiger partial charge is 0.320 e. The summed E-state index contributed by atoms with van der Waals surface area (Å²) in [6.07, 6.45) is 3.40. The van der Waals surface area contributed by atoms with Crippen LogP contribution in [0.2, 0.25) is 0 Å². The number of nitrogens with zero attached hydrogens (tertiary/aromatic N) is 1. The van der Waals surface area contributed by atoms with Gasteiger partial charge in [-0.05, 0) is 33.1 Å². The molecule has 5 heteroatoms. The third-order valence-corrected chi connectivity index (χ3v) is 3.54. The molecule has 0 aromatic heterocycles. The van der Waals surface area contributed by atoms with Gasteiger partial charge in [0, 0.05) is 25.7 Å². The molecule has 2 N–H and O–H groups in total. The second kappa shape index (κ2) is 5.99. The fourth-order valence-electron chi connectivity index (χ4n) is 2.59. The van der Waals surface area contributed by atoms with Gasteiger partial charge in [-0.1, -0.05) is 0 Å². The highest BCUT2D eigenvalue weighted by molar-refractivity contribution is 5.73. The molecule has 2 rings (SSSR count). The van der Waals surface area contributed by atoms with Gasteiger partial charge in [-0.15, -0.1) is 0 Å². The van der Waals surface area contributed by atoms with E-state index in [-0.39, 0.29) is 12.2 Å². The molecule has 104 valence electrons. The third-order valence-electron chi connectivity index (χ3n) is 3.54. The maximum atomic E-state index is 11.2. The topological polar surface area (TPSA) is 61.8 Å². The van der Waals surface area contributed by atoms with Gasteiger partial charge < -0.3 is 15.2 Å². The zero-order valence-electron chi connectivity index (χ0n) is 11.3. The summed E-state index contributed by atoms with van der Waals surface area (Å²) in [7, 11) is 0. The van der Waals surface area contributed by atoms with Crippen molar-refractivity contribution in [3.8, 4) is 0 Å². The average Bonchev–Trinajstić information content (AvgIpc) is 3.06. The number of nitrogens with one attached hydrogen (secondary N) is 1. The fourth-order valence-corrected chi connectivity index (χ4v) is 2.59. The summed E-state index contributed by atoms with van der Waals surface area (Å²) in [5.74, 6) is -0.726. The molecule has 0 spiro atoms. The maximum Gasteiger partial charge on any atom is 0.320 e. The molecule has 0 radical (unpaired) electrons. The van der Waals surface area contributed by atoms with Crippen LogP contribution in [0.5, 0.6) is 0 Å². The number of carbonyl (C=O) groups is 1. The Hall–Kier alpha value is -0.650. The van der Waals surface area contributed by atoms with E-state index in [2.05, 4.69) is 24.1 Å². The second-order valence-electron chi connectivity index (χ2n) is 5.64. The molecule has 1 heterocycles. The van der Waals surface area contributed by atoms with Crippen LogP contribution >= 0.6 is 0 Å². The average molecular weight is 256 g/mol. The van der Waals surface area contributed by atoms with E-state index in [1.165, 1.54) is 0 Å². The highest BCUT2D eigenvalue weighted by Crippen LogP contribution is 2.20. The number of carboxylic acid groups (broad SMARTS) is 1. The van der Waals surface area contributed by atoms with Crippen LogP contribution in [0.1, 0.15) is 33.1 Å². The molecule has 3 atom stereocenters. The zero-order chi connectivity index (χ0) is 13.1. The molecule has 5 nitrogen and oxygen atoms in total. The lowest BCUT2D eigenvalue weighted by Gasteiger charge is -2.35. The molecule has 0 bridgehead atoms. The lowest BCUT2D eigenvalue weighted by Crippen LogP contribution is -2.48. The summed E-state index contributed by atoms with van der Waals surface area (Å²) in [6, 6.07) is 0.0413. The van der Waals surface area contributed by atoms with Gasteiger partial charge in [0.1, 0.15) is 6.04 Å². The molecule has 18 heavy (non-hydrogen) atoms. The summed E-state index contributed by atoms with van der Waals surface area (Å²) >= 11 is 0. The van der Waals surface area contributed by atoms with Crippen LogP contribution in [0.25, 0.3) is 0 Å². The van der Waals surface area contributed by atoms with E-state index >= 15 is 0 Å². The Kier molecular flexibility index (Phi) is 4.59. The number of aliphatic carboxylic acids is 1. The molecule has 2 aliphatic rings. The van der Waals surface area contributed by atoms with Crippen molar-refractivity contribution in [2.45, 2.75) is 57.4 Å². The summed E-state index contributed by atoms with van der Waals surface area (Å²) in [5.41, 5.74) is 0. The van der Waals surface area contributed by atoms with Gasteiger partial charge in [0.15, 0.2) is 0 Å². The van der Waals surface area contributed by atoms with Gasteiger partial charge in [-0.2, -0.15) is 0 Å². The van der Waals surface area contributed by atoms with E-state index in [1.54, 1.807) is 0 Å². The molecular weight excluding hydrogens is 232 g/mol. The van der Waals surface area contributed by atoms with Crippen LogP contribution in [0, 0.1) is 0 Å². The lowest BCUT2D eigenvalue weighted by atomic mass is 10.1. The third kappa shape index (κ3) is 4.23. The van der Waals surface area contributed by atoms with Crippen molar-refractivity contribution in [3.05, 3.63) is 0 Å². The van der Waals surface area contributed by atoms with Crippen LogP contribution in [0.4, 0.5) is 0 Å². The minimum absolute atomic E-state index is 0.244. The van der Waals surface area contributed by atoms with Gasteiger partial charge in [-0.3, -0.25) is 9.69 Å². The molecule has 0 amide bonds. The largest absolute Gasteiger partial charge is 0.480 e. The van der Waals surface area contributed by atoms with Crippen molar-refractivity contribution in [2.75, 3.05) is 19.6 Å². The first-order valence-electron chi connectivity index (χ1n) is 6.91. The molecule has 1 aliphatic heterocycles. The van der Waals surface area contributed by atoms with Crippen molar-refractivity contribution >= 4 is 5.97 Å². The molecule has 2 fully saturated rings. The van der Waals surface area contributed by atoms with E-state index < -0.39 is 12.0 Å². The fraction of sp³-hybridized carbons (Fsp3) is 0.923. The highest BCUT2D eigenvalue weighted by atomic mass is 16.5. The SMILES string of the molecule is C[C@@H]1CN(CCC(NC2CC2)C(=O)O)C[C@H](C)O1. The first-order chi connectivity index (χ1) is 8.54. The predicted octanol–water partition coefficient (Wildman–Crippen LogP) is 0.691. The van der Waals surface area contributed by atoms with Crippen molar-refractivity contribution in [1.29, 1.82) is 0 Å². The first-order valence-corrected chi connectivity index (χ1v) is 6.91. The molecule has 0 aromatic carbocycles. The maximum absolute atomic E-state index is 11.2. The van der Waals surface area contributed by atoms with Crippen LogP contribution in [0.3, 0.4) is 0 Å². The van der Waals surface area contributed by atoms with Crippen LogP contribution < -0.4 is 5.32 Å². The number of hydrogen-bond donors (Lipinski definition) is 2. The normalized spacial score (nSPS) is 31.2. The van der Waals surface area contributed by atoms with E-state index in [4.69, 9.17) is 4.74 Å². The summed E-state index contributed by atoms with van der Waals surface area (Å²) in [4.78, 5) is 13.5. The highest BCUT2D eigenvalue weighted by Gasteiger charge is 2.29. The lowest BCUT2D eigenvalue weighted by molar-refractivity contribution is -0.140. The van der Waals surface area contributed by atoms with Crippen molar-refractivity contribution < 1.29 is 14.6 Å². The minimum atomic E-state index is -0.726. The zero-order valence-corrected chi connectivity index (χ0v) is 11.3. The number of rotatable bonds is 6. The molecule has 1 saturated heterocycles. The Morgan fingerprint density at radius 1 is 1.39 bits per heavy atom. The van der Waals surface area contributed by atoms with Crippen LogP contribution in [-0.2, 0) is 9.53 Å². The first kappa shape index (κ1) is 13.8. The van der Waals surface area contributed by atoms with Gasteiger partial charge in [0.05, 0.1) is 12.2 Å².